The van der Waals surface area contributed by atoms with Gasteiger partial charge in [0.05, 0.1) is 6.04 Å². The van der Waals surface area contributed by atoms with Gasteiger partial charge in [0, 0.05) is 24.4 Å². The summed E-state index contributed by atoms with van der Waals surface area (Å²) in [5.74, 6) is 2.87. The van der Waals surface area contributed by atoms with Gasteiger partial charge in [-0.25, -0.2) is 0 Å². The molecule has 33 heavy (non-hydrogen) atoms. The smallest absolute Gasteiger partial charge is 0.120 e. The summed E-state index contributed by atoms with van der Waals surface area (Å²) in [7, 11) is 0. The molecule has 170 valence electrons. The number of nitrogens with zero attached hydrogens (tertiary/aromatic N) is 1. The van der Waals surface area contributed by atoms with E-state index in [-0.39, 0.29) is 6.10 Å². The Morgan fingerprint density at radius 2 is 1.82 bits per heavy atom. The lowest BCUT2D eigenvalue weighted by atomic mass is 9.66. The van der Waals surface area contributed by atoms with Crippen LogP contribution in [0.4, 0.5) is 0 Å². The minimum atomic E-state index is 0.184. The summed E-state index contributed by atoms with van der Waals surface area (Å²) in [6, 6.07) is 14.2. The molecule has 0 fully saturated rings. The highest BCUT2D eigenvalue weighted by Crippen LogP contribution is 2.52. The van der Waals surface area contributed by atoms with Gasteiger partial charge in [-0.2, -0.15) is 0 Å². The number of benzene rings is 1. The van der Waals surface area contributed by atoms with Crippen LogP contribution in [0.3, 0.4) is 0 Å². The zero-order valence-corrected chi connectivity index (χ0v) is 20.0. The third kappa shape index (κ3) is 3.40. The van der Waals surface area contributed by atoms with Crippen molar-refractivity contribution in [2.45, 2.75) is 64.5 Å². The molecule has 0 saturated heterocycles. The van der Waals surface area contributed by atoms with E-state index in [0.717, 1.165) is 25.1 Å². The summed E-state index contributed by atoms with van der Waals surface area (Å²) in [5.41, 5.74) is 7.58. The van der Waals surface area contributed by atoms with Gasteiger partial charge in [0.15, 0.2) is 0 Å². The van der Waals surface area contributed by atoms with E-state index in [9.17, 15) is 0 Å². The van der Waals surface area contributed by atoms with Crippen molar-refractivity contribution in [2.75, 3.05) is 6.54 Å². The molecule has 0 aromatic heterocycles. The Morgan fingerprint density at radius 1 is 1.00 bits per heavy atom. The molecule has 2 heteroatoms. The van der Waals surface area contributed by atoms with Crippen LogP contribution in [0.5, 0.6) is 0 Å². The molecule has 0 saturated carbocycles. The quantitative estimate of drug-likeness (QED) is 0.375. The van der Waals surface area contributed by atoms with E-state index in [1.165, 1.54) is 42.4 Å². The van der Waals surface area contributed by atoms with Crippen molar-refractivity contribution >= 4 is 5.57 Å². The van der Waals surface area contributed by atoms with Crippen LogP contribution >= 0.6 is 0 Å². The topological polar surface area (TPSA) is 12.5 Å². The van der Waals surface area contributed by atoms with E-state index < -0.39 is 0 Å². The van der Waals surface area contributed by atoms with Crippen molar-refractivity contribution in [3.05, 3.63) is 76.6 Å². The van der Waals surface area contributed by atoms with E-state index in [4.69, 9.17) is 11.2 Å². The lowest BCUT2D eigenvalue weighted by Gasteiger charge is -2.48. The van der Waals surface area contributed by atoms with Crippen molar-refractivity contribution in [2.24, 2.45) is 23.7 Å². The van der Waals surface area contributed by atoms with Crippen molar-refractivity contribution in [3.8, 4) is 12.5 Å². The Bertz CT molecular complexity index is 1100. The van der Waals surface area contributed by atoms with Crippen LogP contribution in [0.25, 0.3) is 5.57 Å². The maximum Gasteiger partial charge on any atom is 0.120 e. The number of fused-ring (bicyclic) bond motifs is 2. The highest BCUT2D eigenvalue weighted by atomic mass is 16.5. The Balaban J connectivity index is 1.37. The van der Waals surface area contributed by atoms with Gasteiger partial charge < -0.3 is 9.64 Å². The van der Waals surface area contributed by atoms with Crippen molar-refractivity contribution in [1.82, 2.24) is 4.90 Å². The highest BCUT2D eigenvalue weighted by Gasteiger charge is 2.50. The van der Waals surface area contributed by atoms with Crippen LogP contribution in [0.15, 0.2) is 71.0 Å². The van der Waals surface area contributed by atoms with Gasteiger partial charge in [0.1, 0.15) is 11.9 Å². The van der Waals surface area contributed by atoms with Crippen molar-refractivity contribution < 1.29 is 4.74 Å². The van der Waals surface area contributed by atoms with Gasteiger partial charge in [-0.3, -0.25) is 0 Å². The molecule has 0 N–H and O–H groups in total. The number of hydrogen-bond acceptors (Lipinski definition) is 2. The van der Waals surface area contributed by atoms with Gasteiger partial charge in [0.2, 0.25) is 0 Å². The summed E-state index contributed by atoms with van der Waals surface area (Å²) >= 11 is 0. The Kier molecular flexibility index (Phi) is 5.25. The van der Waals surface area contributed by atoms with Crippen LogP contribution in [0, 0.1) is 36.1 Å². The van der Waals surface area contributed by atoms with E-state index in [0.29, 0.717) is 29.7 Å². The van der Waals surface area contributed by atoms with Crippen molar-refractivity contribution in [3.63, 3.8) is 0 Å². The molecule has 1 aromatic carbocycles. The number of terminal acetylenes is 1. The van der Waals surface area contributed by atoms with Crippen LogP contribution in [-0.4, -0.2) is 23.6 Å². The molecule has 6 unspecified atom stereocenters. The van der Waals surface area contributed by atoms with E-state index in [1.807, 2.05) is 0 Å². The molecule has 6 rings (SSSR count). The van der Waals surface area contributed by atoms with Gasteiger partial charge in [-0.15, -0.1) is 0 Å². The Morgan fingerprint density at radius 3 is 2.64 bits per heavy atom. The van der Waals surface area contributed by atoms with Crippen LogP contribution in [0.1, 0.15) is 57.9 Å². The van der Waals surface area contributed by atoms with Gasteiger partial charge in [-0.1, -0.05) is 68.3 Å². The second kappa shape index (κ2) is 8.28. The molecule has 0 spiro atoms. The van der Waals surface area contributed by atoms with Crippen LogP contribution in [0.2, 0.25) is 0 Å². The lowest BCUT2D eigenvalue weighted by Crippen LogP contribution is -2.52. The highest BCUT2D eigenvalue weighted by molar-refractivity contribution is 5.72. The molecule has 2 heterocycles. The third-order valence-corrected chi connectivity index (χ3v) is 8.90. The lowest BCUT2D eigenvalue weighted by molar-refractivity contribution is 0.0158. The molecule has 0 amide bonds. The summed E-state index contributed by atoms with van der Waals surface area (Å²) in [5, 5.41) is 0. The van der Waals surface area contributed by atoms with Gasteiger partial charge in [-0.05, 0) is 78.7 Å². The SMILES string of the molecule is C#CN1CCC2=C(CCCC2)C1C1C(C)C=CC2C3=C(C=C(c4ccccc4)C(C)C3)OC21. The zero-order chi connectivity index (χ0) is 22.5. The average molecular weight is 438 g/mol. The predicted octanol–water partition coefficient (Wildman–Crippen LogP) is 6.74. The first kappa shape index (κ1) is 20.9. The first-order valence-electron chi connectivity index (χ1n) is 12.9. The second-order valence-corrected chi connectivity index (χ2v) is 10.7. The molecule has 2 aliphatic heterocycles. The summed E-state index contributed by atoms with van der Waals surface area (Å²) in [6.45, 7) is 5.73. The molecule has 1 aromatic rings. The Hall–Kier alpha value is -2.66. The molecule has 6 atom stereocenters. The minimum absolute atomic E-state index is 0.184. The molecule has 2 nitrogen and oxygen atoms in total. The summed E-state index contributed by atoms with van der Waals surface area (Å²) < 4.78 is 6.91. The zero-order valence-electron chi connectivity index (χ0n) is 20.0. The largest absolute Gasteiger partial charge is 0.489 e. The van der Waals surface area contributed by atoms with Crippen molar-refractivity contribution in [1.29, 1.82) is 0 Å². The van der Waals surface area contributed by atoms with E-state index in [2.05, 4.69) is 73.4 Å². The molecular weight excluding hydrogens is 402 g/mol. The number of hydrogen-bond donors (Lipinski definition) is 0. The molecule has 0 radical (unpaired) electrons. The summed E-state index contributed by atoms with van der Waals surface area (Å²) in [4.78, 5) is 2.32. The first-order chi connectivity index (χ1) is 16.2. The first-order valence-corrected chi connectivity index (χ1v) is 12.9. The number of allylic oxidation sites excluding steroid dienone is 3. The van der Waals surface area contributed by atoms with E-state index in [1.54, 1.807) is 11.1 Å². The normalized spacial score (nSPS) is 35.3. The number of rotatable bonds is 2. The predicted molar refractivity (Wildman–Crippen MR) is 135 cm³/mol. The van der Waals surface area contributed by atoms with Crippen LogP contribution < -0.4 is 0 Å². The van der Waals surface area contributed by atoms with Crippen LogP contribution in [-0.2, 0) is 4.74 Å². The average Bonchev–Trinajstić information content (AvgIpc) is 3.21. The van der Waals surface area contributed by atoms with Gasteiger partial charge in [0.25, 0.3) is 0 Å². The molecule has 3 aliphatic carbocycles. The fourth-order valence-electron chi connectivity index (χ4n) is 7.28. The minimum Gasteiger partial charge on any atom is -0.489 e. The fraction of sp³-hybridized carbons (Fsp3) is 0.484. The number of ether oxygens (including phenoxy) is 1. The summed E-state index contributed by atoms with van der Waals surface area (Å²) in [6.07, 6.45) is 20.9. The fourth-order valence-corrected chi connectivity index (χ4v) is 7.28. The van der Waals surface area contributed by atoms with E-state index >= 15 is 0 Å². The monoisotopic (exact) mass is 437 g/mol. The molecule has 0 bridgehead atoms. The Labute approximate surface area is 199 Å². The molecular formula is C31H35NO. The maximum absolute atomic E-state index is 6.91. The maximum atomic E-state index is 6.91. The molecule has 5 aliphatic rings. The third-order valence-electron chi connectivity index (χ3n) is 8.90. The second-order valence-electron chi connectivity index (χ2n) is 10.7. The standard InChI is InChI=1S/C31H35NO/c1-4-32-17-16-23-12-8-9-13-24(23)30(32)29-20(2)14-15-25-27-18-21(3)26(19-28(27)33-31(25)29)22-10-6-5-7-11-22/h1,5-7,10-11,14-15,19-21,25,29-31H,8-9,12-13,16-18H2,2-3H3. The van der Waals surface area contributed by atoms with Gasteiger partial charge >= 0.3 is 0 Å².